The van der Waals surface area contributed by atoms with Crippen LogP contribution in [0.15, 0.2) is 47.5 Å². The number of aliphatic imine (C=N–C) groups is 1. The van der Waals surface area contributed by atoms with Crippen molar-refractivity contribution in [1.29, 1.82) is 0 Å². The highest BCUT2D eigenvalue weighted by Crippen LogP contribution is 2.28. The Balaban J connectivity index is 2.20. The lowest BCUT2D eigenvalue weighted by Gasteiger charge is -2.11. The Morgan fingerprint density at radius 2 is 1.95 bits per heavy atom. The molecule has 3 rings (SSSR count). The summed E-state index contributed by atoms with van der Waals surface area (Å²) in [7, 11) is 1.59. The number of hydrogen-bond acceptors (Lipinski definition) is 4. The van der Waals surface area contributed by atoms with E-state index < -0.39 is 6.17 Å². The fraction of sp³-hybridized carbons (Fsp3) is 0.125. The van der Waals surface area contributed by atoms with E-state index in [1.54, 1.807) is 31.4 Å². The van der Waals surface area contributed by atoms with Crippen molar-refractivity contribution in [2.75, 3.05) is 12.4 Å². The number of rotatable bonds is 2. The maximum absolute atomic E-state index is 12.0. The van der Waals surface area contributed by atoms with Crippen LogP contribution in [0.3, 0.4) is 0 Å². The fourth-order valence-electron chi connectivity index (χ4n) is 2.27. The van der Waals surface area contributed by atoms with Crippen molar-refractivity contribution in [1.82, 2.24) is 0 Å². The third kappa shape index (κ3) is 2.68. The minimum atomic E-state index is -0.968. The number of methoxy groups -OCH3 is 1. The topological polar surface area (TPSA) is 76.7 Å². The van der Waals surface area contributed by atoms with E-state index in [-0.39, 0.29) is 5.91 Å². The lowest BCUT2D eigenvalue weighted by Crippen LogP contribution is -2.33. The number of nitrogens with two attached hydrogens (primary N) is 1. The maximum atomic E-state index is 12.0. The highest BCUT2D eigenvalue weighted by Gasteiger charge is 2.23. The molecule has 1 heterocycles. The number of ether oxygens (including phenoxy) is 1. The molecule has 0 radical (unpaired) electrons. The first kappa shape index (κ1) is 14.6. The molecule has 2 aromatic carbocycles. The fourth-order valence-corrected chi connectivity index (χ4v) is 2.39. The SMILES string of the molecule is COc1ccc2c(c1)C(c1ccc(Cl)cc1)=NC(N)C(=O)N2. The summed E-state index contributed by atoms with van der Waals surface area (Å²) in [5.74, 6) is 0.320. The zero-order valence-electron chi connectivity index (χ0n) is 11.8. The molecule has 1 atom stereocenters. The maximum Gasteiger partial charge on any atom is 0.263 e. The van der Waals surface area contributed by atoms with Crippen LogP contribution in [0.4, 0.5) is 5.69 Å². The average molecular weight is 316 g/mol. The molecule has 6 heteroatoms. The van der Waals surface area contributed by atoms with Gasteiger partial charge in [0.05, 0.1) is 18.5 Å². The van der Waals surface area contributed by atoms with Crippen molar-refractivity contribution in [3.63, 3.8) is 0 Å². The minimum absolute atomic E-state index is 0.351. The van der Waals surface area contributed by atoms with Gasteiger partial charge in [0, 0.05) is 16.1 Å². The zero-order chi connectivity index (χ0) is 15.7. The first-order chi connectivity index (χ1) is 10.6. The van der Waals surface area contributed by atoms with Crippen molar-refractivity contribution in [3.8, 4) is 5.75 Å². The van der Waals surface area contributed by atoms with Crippen LogP contribution in [0.5, 0.6) is 5.75 Å². The number of carbonyl (C=O) groups excluding carboxylic acids is 1. The highest BCUT2D eigenvalue weighted by molar-refractivity contribution is 6.30. The second kappa shape index (κ2) is 5.79. The summed E-state index contributed by atoms with van der Waals surface area (Å²) in [5.41, 5.74) is 8.67. The highest BCUT2D eigenvalue weighted by atomic mass is 35.5. The van der Waals surface area contributed by atoms with Crippen LogP contribution in [0.1, 0.15) is 11.1 Å². The number of anilines is 1. The third-order valence-electron chi connectivity index (χ3n) is 3.39. The van der Waals surface area contributed by atoms with Crippen LogP contribution in [0, 0.1) is 0 Å². The molecule has 2 aromatic rings. The number of amides is 1. The number of nitrogens with zero attached hydrogens (tertiary/aromatic N) is 1. The van der Waals surface area contributed by atoms with Crippen LogP contribution in [-0.4, -0.2) is 24.9 Å². The molecule has 0 fully saturated rings. The van der Waals surface area contributed by atoms with Gasteiger partial charge in [-0.2, -0.15) is 0 Å². The molecular formula is C16H14ClN3O2. The molecule has 0 saturated heterocycles. The van der Waals surface area contributed by atoms with Crippen molar-refractivity contribution in [3.05, 3.63) is 58.6 Å². The number of halogens is 1. The Labute approximate surface area is 132 Å². The molecule has 1 aliphatic heterocycles. The predicted molar refractivity (Wildman–Crippen MR) is 86.7 cm³/mol. The van der Waals surface area contributed by atoms with Gasteiger partial charge in [0.25, 0.3) is 5.91 Å². The number of hydrogen-bond donors (Lipinski definition) is 2. The monoisotopic (exact) mass is 315 g/mol. The van der Waals surface area contributed by atoms with Gasteiger partial charge in [-0.25, -0.2) is 0 Å². The molecule has 3 N–H and O–H groups in total. The molecule has 5 nitrogen and oxygen atoms in total. The van der Waals surface area contributed by atoms with Gasteiger partial charge < -0.3 is 15.8 Å². The lowest BCUT2D eigenvalue weighted by molar-refractivity contribution is -0.117. The van der Waals surface area contributed by atoms with Gasteiger partial charge in [0.2, 0.25) is 0 Å². The van der Waals surface area contributed by atoms with Gasteiger partial charge in [0.15, 0.2) is 6.17 Å². The second-order valence-electron chi connectivity index (χ2n) is 4.83. The van der Waals surface area contributed by atoms with Crippen molar-refractivity contribution >= 4 is 28.9 Å². The van der Waals surface area contributed by atoms with Crippen LogP contribution in [-0.2, 0) is 4.79 Å². The molecule has 112 valence electrons. The Hall–Kier alpha value is -2.37. The van der Waals surface area contributed by atoms with Crippen molar-refractivity contribution in [2.24, 2.45) is 10.7 Å². The number of carbonyl (C=O) groups is 1. The second-order valence-corrected chi connectivity index (χ2v) is 5.27. The van der Waals surface area contributed by atoms with E-state index in [0.717, 1.165) is 11.1 Å². The van der Waals surface area contributed by atoms with Gasteiger partial charge in [-0.05, 0) is 30.3 Å². The molecule has 0 saturated carbocycles. The smallest absolute Gasteiger partial charge is 0.263 e. The van der Waals surface area contributed by atoms with Gasteiger partial charge in [-0.3, -0.25) is 9.79 Å². The zero-order valence-corrected chi connectivity index (χ0v) is 12.6. The van der Waals surface area contributed by atoms with E-state index >= 15 is 0 Å². The Bertz CT molecular complexity index is 756. The molecule has 1 unspecified atom stereocenters. The Morgan fingerprint density at radius 1 is 1.23 bits per heavy atom. The summed E-state index contributed by atoms with van der Waals surface area (Å²) in [6.07, 6.45) is -0.968. The van der Waals surface area contributed by atoms with Crippen LogP contribution in [0.25, 0.3) is 0 Å². The number of benzene rings is 2. The normalized spacial score (nSPS) is 17.1. The minimum Gasteiger partial charge on any atom is -0.497 e. The van der Waals surface area contributed by atoms with E-state index in [9.17, 15) is 4.79 Å². The van der Waals surface area contributed by atoms with E-state index in [1.165, 1.54) is 0 Å². The van der Waals surface area contributed by atoms with Crippen LogP contribution in [0.2, 0.25) is 5.02 Å². The number of nitrogens with one attached hydrogen (secondary N) is 1. The summed E-state index contributed by atoms with van der Waals surface area (Å²) >= 11 is 5.93. The molecule has 1 aliphatic rings. The molecule has 0 aliphatic carbocycles. The average Bonchev–Trinajstić information content (AvgIpc) is 2.65. The summed E-state index contributed by atoms with van der Waals surface area (Å²) in [6, 6.07) is 12.6. The largest absolute Gasteiger partial charge is 0.497 e. The first-order valence-corrected chi connectivity index (χ1v) is 7.05. The number of benzodiazepines with no additional fused rings is 1. The Morgan fingerprint density at radius 3 is 2.64 bits per heavy atom. The summed E-state index contributed by atoms with van der Waals surface area (Å²) < 4.78 is 5.26. The van der Waals surface area contributed by atoms with Crippen molar-refractivity contribution in [2.45, 2.75) is 6.17 Å². The molecule has 0 aromatic heterocycles. The van der Waals surface area contributed by atoms with Crippen LogP contribution < -0.4 is 15.8 Å². The molecule has 0 bridgehead atoms. The molecule has 22 heavy (non-hydrogen) atoms. The number of fused-ring (bicyclic) bond motifs is 1. The van der Waals surface area contributed by atoms with Gasteiger partial charge in [-0.1, -0.05) is 23.7 Å². The summed E-state index contributed by atoms with van der Waals surface area (Å²) in [6.45, 7) is 0. The van der Waals surface area contributed by atoms with Gasteiger partial charge in [-0.15, -0.1) is 0 Å². The first-order valence-electron chi connectivity index (χ1n) is 6.67. The molecule has 0 spiro atoms. The van der Waals surface area contributed by atoms with E-state index in [1.807, 2.05) is 18.2 Å². The van der Waals surface area contributed by atoms with E-state index in [2.05, 4.69) is 10.3 Å². The molecule has 1 amide bonds. The molecular weight excluding hydrogens is 302 g/mol. The standard InChI is InChI=1S/C16H14ClN3O2/c1-22-11-6-7-13-12(8-11)14(20-15(18)16(21)19-13)9-2-4-10(17)5-3-9/h2-8,15H,18H2,1H3,(H,19,21). The third-order valence-corrected chi connectivity index (χ3v) is 3.65. The lowest BCUT2D eigenvalue weighted by atomic mass is 10.0. The van der Waals surface area contributed by atoms with E-state index in [0.29, 0.717) is 22.2 Å². The predicted octanol–water partition coefficient (Wildman–Crippen LogP) is 2.42. The van der Waals surface area contributed by atoms with E-state index in [4.69, 9.17) is 22.1 Å². The summed E-state index contributed by atoms with van der Waals surface area (Å²) in [5, 5.41) is 3.40. The van der Waals surface area contributed by atoms with Crippen molar-refractivity contribution < 1.29 is 9.53 Å². The van der Waals surface area contributed by atoms with Gasteiger partial charge >= 0.3 is 0 Å². The summed E-state index contributed by atoms with van der Waals surface area (Å²) in [4.78, 5) is 16.3. The quantitative estimate of drug-likeness (QED) is 0.893. The van der Waals surface area contributed by atoms with Gasteiger partial charge in [0.1, 0.15) is 5.75 Å². The van der Waals surface area contributed by atoms with Crippen LogP contribution >= 0.6 is 11.6 Å². The Kier molecular flexibility index (Phi) is 3.83.